The molecule has 0 N–H and O–H groups in total. The van der Waals surface area contributed by atoms with Crippen LogP contribution in [0.3, 0.4) is 0 Å². The first-order valence-corrected chi connectivity index (χ1v) is 8.25. The summed E-state index contributed by atoms with van der Waals surface area (Å²) < 4.78 is 22.2. The van der Waals surface area contributed by atoms with Crippen LogP contribution in [0.1, 0.15) is 39.5 Å². The monoisotopic (exact) mass is 260 g/mol. The van der Waals surface area contributed by atoms with E-state index in [2.05, 4.69) is 0 Å². The molecule has 0 aromatic heterocycles. The lowest BCUT2D eigenvalue weighted by Gasteiger charge is -2.20. The van der Waals surface area contributed by atoms with Gasteiger partial charge in [-0.2, -0.15) is 0 Å². The van der Waals surface area contributed by atoms with Gasteiger partial charge >= 0.3 is 9.53 Å². The van der Waals surface area contributed by atoms with E-state index in [1.165, 1.54) is 19.3 Å². The lowest BCUT2D eigenvalue weighted by atomic mass is 9.87. The van der Waals surface area contributed by atoms with Gasteiger partial charge in [0.05, 0.1) is 12.2 Å². The molecule has 100 valence electrons. The standard InChI is InChI=1S/C12H24O4Si/c1-3-13-17(14-4-2)15-8-7-10-5-6-11-12(9-10)16-11/h10-12,17H,3-9H2,1-2H3. The average molecular weight is 260 g/mol. The van der Waals surface area contributed by atoms with Gasteiger partial charge in [0, 0.05) is 19.8 Å². The van der Waals surface area contributed by atoms with Gasteiger partial charge in [0.2, 0.25) is 0 Å². The minimum absolute atomic E-state index is 0.570. The molecule has 1 aliphatic carbocycles. The molecule has 1 aliphatic heterocycles. The van der Waals surface area contributed by atoms with Gasteiger partial charge in [-0.05, 0) is 45.4 Å². The molecule has 2 fully saturated rings. The highest BCUT2D eigenvalue weighted by Gasteiger charge is 2.43. The Balaban J connectivity index is 1.57. The zero-order valence-electron chi connectivity index (χ0n) is 10.9. The molecule has 5 heteroatoms. The Bertz CT molecular complexity index is 219. The van der Waals surface area contributed by atoms with Crippen LogP contribution < -0.4 is 0 Å². The predicted octanol–water partition coefficient (Wildman–Crippen LogP) is 1.75. The van der Waals surface area contributed by atoms with Crippen LogP contribution in [-0.4, -0.2) is 41.6 Å². The number of epoxide rings is 1. The number of rotatable bonds is 8. The smallest absolute Gasteiger partial charge is 0.376 e. The molecule has 2 aliphatic rings. The summed E-state index contributed by atoms with van der Waals surface area (Å²) in [6.07, 6.45) is 6.05. The van der Waals surface area contributed by atoms with Crippen LogP contribution >= 0.6 is 0 Å². The SMILES string of the molecule is CCO[SiH](OCC)OCCC1CCC2OC2C1. The van der Waals surface area contributed by atoms with Gasteiger partial charge in [0.15, 0.2) is 0 Å². The van der Waals surface area contributed by atoms with Gasteiger partial charge in [-0.1, -0.05) is 0 Å². The maximum Gasteiger partial charge on any atom is 0.484 e. The lowest BCUT2D eigenvalue weighted by Crippen LogP contribution is -2.28. The quantitative estimate of drug-likeness (QED) is 0.492. The topological polar surface area (TPSA) is 40.2 Å². The summed E-state index contributed by atoms with van der Waals surface area (Å²) in [5.74, 6) is 0.775. The molecule has 0 amide bonds. The molecule has 1 heterocycles. The first-order chi connectivity index (χ1) is 8.33. The van der Waals surface area contributed by atoms with Crippen LogP contribution in [0.25, 0.3) is 0 Å². The Kier molecular flexibility index (Phi) is 5.43. The van der Waals surface area contributed by atoms with Crippen molar-refractivity contribution in [2.75, 3.05) is 19.8 Å². The van der Waals surface area contributed by atoms with Gasteiger partial charge in [-0.15, -0.1) is 0 Å². The van der Waals surface area contributed by atoms with E-state index in [1.54, 1.807) is 0 Å². The number of hydrogen-bond acceptors (Lipinski definition) is 4. The Labute approximate surface area is 106 Å². The summed E-state index contributed by atoms with van der Waals surface area (Å²) in [5.41, 5.74) is 0. The largest absolute Gasteiger partial charge is 0.484 e. The van der Waals surface area contributed by atoms with Crippen molar-refractivity contribution in [2.24, 2.45) is 5.92 Å². The lowest BCUT2D eigenvalue weighted by molar-refractivity contribution is 0.0948. The zero-order valence-corrected chi connectivity index (χ0v) is 12.0. The van der Waals surface area contributed by atoms with Crippen LogP contribution in [0.5, 0.6) is 0 Å². The molecule has 0 spiro atoms. The molecule has 4 nitrogen and oxygen atoms in total. The van der Waals surface area contributed by atoms with E-state index >= 15 is 0 Å². The second kappa shape index (κ2) is 6.85. The Hall–Kier alpha value is 0.0569. The normalized spacial score (nSPS) is 31.6. The van der Waals surface area contributed by atoms with E-state index in [0.29, 0.717) is 25.4 Å². The van der Waals surface area contributed by atoms with Crippen LogP contribution in [0, 0.1) is 5.92 Å². The van der Waals surface area contributed by atoms with Gasteiger partial charge in [-0.25, -0.2) is 0 Å². The third kappa shape index (κ3) is 4.33. The molecule has 2 rings (SSSR count). The highest BCUT2D eigenvalue weighted by molar-refractivity contribution is 6.36. The fourth-order valence-corrected chi connectivity index (χ4v) is 3.66. The fourth-order valence-electron chi connectivity index (χ4n) is 2.50. The average Bonchev–Trinajstić information content (AvgIpc) is 3.08. The predicted molar refractivity (Wildman–Crippen MR) is 67.0 cm³/mol. The minimum atomic E-state index is -1.84. The van der Waals surface area contributed by atoms with E-state index in [1.807, 2.05) is 13.8 Å². The molecule has 0 aromatic carbocycles. The third-order valence-electron chi connectivity index (χ3n) is 3.50. The minimum Gasteiger partial charge on any atom is -0.376 e. The van der Waals surface area contributed by atoms with Crippen molar-refractivity contribution in [1.82, 2.24) is 0 Å². The Morgan fingerprint density at radius 1 is 1.06 bits per heavy atom. The number of hydrogen-bond donors (Lipinski definition) is 0. The summed E-state index contributed by atoms with van der Waals surface area (Å²) in [6.45, 7) is 6.09. The summed E-state index contributed by atoms with van der Waals surface area (Å²) >= 11 is 0. The van der Waals surface area contributed by atoms with Crippen molar-refractivity contribution in [3.05, 3.63) is 0 Å². The van der Waals surface area contributed by atoms with Crippen LogP contribution in [-0.2, 0) is 18.0 Å². The van der Waals surface area contributed by atoms with Crippen molar-refractivity contribution in [3.8, 4) is 0 Å². The molecule has 3 unspecified atom stereocenters. The second-order valence-electron chi connectivity index (χ2n) is 4.75. The van der Waals surface area contributed by atoms with Gasteiger partial charge in [0.25, 0.3) is 0 Å². The van der Waals surface area contributed by atoms with E-state index in [4.69, 9.17) is 18.0 Å². The van der Waals surface area contributed by atoms with Crippen molar-refractivity contribution < 1.29 is 18.0 Å². The van der Waals surface area contributed by atoms with Gasteiger partial charge in [-0.3, -0.25) is 0 Å². The molecule has 0 radical (unpaired) electrons. The highest BCUT2D eigenvalue weighted by atomic mass is 28.3. The van der Waals surface area contributed by atoms with Crippen molar-refractivity contribution in [3.63, 3.8) is 0 Å². The first kappa shape index (κ1) is 13.5. The Morgan fingerprint density at radius 2 is 1.82 bits per heavy atom. The zero-order chi connectivity index (χ0) is 12.1. The van der Waals surface area contributed by atoms with E-state index < -0.39 is 9.53 Å². The summed E-state index contributed by atoms with van der Waals surface area (Å²) in [7, 11) is -1.84. The summed E-state index contributed by atoms with van der Waals surface area (Å²) in [5, 5.41) is 0. The summed E-state index contributed by atoms with van der Waals surface area (Å²) in [6, 6.07) is 0. The fraction of sp³-hybridized carbons (Fsp3) is 1.00. The molecule has 17 heavy (non-hydrogen) atoms. The van der Waals surface area contributed by atoms with E-state index in [9.17, 15) is 0 Å². The third-order valence-corrected chi connectivity index (χ3v) is 5.22. The molecule has 0 bridgehead atoms. The number of fused-ring (bicyclic) bond motifs is 1. The highest BCUT2D eigenvalue weighted by Crippen LogP contribution is 2.40. The second-order valence-corrected chi connectivity index (χ2v) is 6.33. The molecule has 3 atom stereocenters. The van der Waals surface area contributed by atoms with Crippen molar-refractivity contribution in [1.29, 1.82) is 0 Å². The molecular formula is C12H24O4Si. The molecule has 1 saturated heterocycles. The maximum absolute atomic E-state index is 5.73. The van der Waals surface area contributed by atoms with Crippen molar-refractivity contribution in [2.45, 2.75) is 51.7 Å². The van der Waals surface area contributed by atoms with Crippen LogP contribution in [0.4, 0.5) is 0 Å². The van der Waals surface area contributed by atoms with Crippen LogP contribution in [0.15, 0.2) is 0 Å². The maximum atomic E-state index is 5.73. The van der Waals surface area contributed by atoms with Crippen molar-refractivity contribution >= 4 is 9.53 Å². The van der Waals surface area contributed by atoms with Gasteiger partial charge < -0.3 is 18.0 Å². The van der Waals surface area contributed by atoms with E-state index in [-0.39, 0.29) is 0 Å². The summed E-state index contributed by atoms with van der Waals surface area (Å²) in [4.78, 5) is 0. The van der Waals surface area contributed by atoms with E-state index in [0.717, 1.165) is 18.9 Å². The Morgan fingerprint density at radius 3 is 2.47 bits per heavy atom. The first-order valence-electron chi connectivity index (χ1n) is 6.83. The number of ether oxygens (including phenoxy) is 1. The van der Waals surface area contributed by atoms with Gasteiger partial charge in [0.1, 0.15) is 0 Å². The molecule has 1 saturated carbocycles. The molecule has 0 aromatic rings. The van der Waals surface area contributed by atoms with Crippen LogP contribution in [0.2, 0.25) is 0 Å². The molecular weight excluding hydrogens is 236 g/mol.